The van der Waals surface area contributed by atoms with Gasteiger partial charge in [0, 0.05) is 39.4 Å². The van der Waals surface area contributed by atoms with E-state index in [-0.39, 0.29) is 24.2 Å². The Morgan fingerprint density at radius 1 is 0.933 bits per heavy atom. The van der Waals surface area contributed by atoms with Gasteiger partial charge in [0.05, 0.1) is 35.6 Å². The van der Waals surface area contributed by atoms with Crippen molar-refractivity contribution in [2.45, 2.75) is 128 Å². The summed E-state index contributed by atoms with van der Waals surface area (Å²) in [6, 6.07) is 15.1. The average molecular weight is 836 g/mol. The molecule has 6 rings (SSSR count). The van der Waals surface area contributed by atoms with Crippen LogP contribution in [-0.4, -0.2) is 114 Å². The normalized spacial score (nSPS) is 33.0. The van der Waals surface area contributed by atoms with Crippen molar-refractivity contribution in [3.8, 4) is 0 Å². The summed E-state index contributed by atoms with van der Waals surface area (Å²) in [6.07, 6.45) is -9.31. The lowest BCUT2D eigenvalue weighted by Crippen LogP contribution is -2.82. The number of hydrogen-bond donors (Lipinski definition) is 3. The van der Waals surface area contributed by atoms with Crippen LogP contribution in [-0.2, 0) is 47.5 Å². The number of hydrogen-bond acceptors (Lipinski definition) is 14. The van der Waals surface area contributed by atoms with Gasteiger partial charge in [-0.15, -0.1) is 0 Å². The summed E-state index contributed by atoms with van der Waals surface area (Å²) < 4.78 is 42.4. The fourth-order valence-electron chi connectivity index (χ4n) is 10.1. The summed E-state index contributed by atoms with van der Waals surface area (Å²) in [6.45, 7) is 12.7. The molecule has 5 unspecified atom stereocenters. The van der Waals surface area contributed by atoms with Gasteiger partial charge >= 0.3 is 24.0 Å². The van der Waals surface area contributed by atoms with Crippen molar-refractivity contribution < 1.29 is 67.3 Å². The third-order valence-electron chi connectivity index (χ3n) is 13.0. The molecule has 2 bridgehead atoms. The van der Waals surface area contributed by atoms with Crippen molar-refractivity contribution in [3.63, 3.8) is 0 Å². The first-order chi connectivity index (χ1) is 28.1. The van der Waals surface area contributed by atoms with Gasteiger partial charge < -0.3 is 48.7 Å². The molecule has 3 fully saturated rings. The largest absolute Gasteiger partial charge is 0.456 e. The van der Waals surface area contributed by atoms with Crippen LogP contribution in [0.2, 0.25) is 0 Å². The Morgan fingerprint density at radius 3 is 2.08 bits per heavy atom. The summed E-state index contributed by atoms with van der Waals surface area (Å²) in [5.41, 5.74) is -6.72. The summed E-state index contributed by atoms with van der Waals surface area (Å²) >= 11 is 0. The number of amides is 1. The molecule has 326 valence electrons. The minimum Gasteiger partial charge on any atom is -0.456 e. The molecule has 60 heavy (non-hydrogen) atoms. The fraction of sp³-hybridized carbons (Fsp3) is 0.578. The lowest BCUT2D eigenvalue weighted by Gasteiger charge is -2.67. The van der Waals surface area contributed by atoms with Crippen LogP contribution >= 0.6 is 0 Å². The number of Topliss-reactive ketones (excluding diaryl/α,β-unsaturated/α-hetero) is 1. The number of carbonyl (C=O) groups excluding carboxylic acids is 5. The van der Waals surface area contributed by atoms with Crippen molar-refractivity contribution in [3.05, 3.63) is 82.9 Å². The van der Waals surface area contributed by atoms with Crippen LogP contribution < -0.4 is 5.32 Å². The zero-order valence-corrected chi connectivity index (χ0v) is 35.8. The monoisotopic (exact) mass is 835 g/mol. The topological polar surface area (TPSA) is 202 Å². The second kappa shape index (κ2) is 16.3. The highest BCUT2D eigenvalue weighted by Gasteiger charge is 2.78. The quantitative estimate of drug-likeness (QED) is 0.171. The first kappa shape index (κ1) is 44.9. The summed E-state index contributed by atoms with van der Waals surface area (Å²) in [4.78, 5) is 70.1. The summed E-state index contributed by atoms with van der Waals surface area (Å²) in [5.74, 6) is -4.52. The molecule has 1 amide bonds. The van der Waals surface area contributed by atoms with E-state index in [0.717, 1.165) is 0 Å². The number of rotatable bonds is 10. The van der Waals surface area contributed by atoms with Crippen LogP contribution in [0.5, 0.6) is 0 Å². The van der Waals surface area contributed by atoms with Gasteiger partial charge in [-0.25, -0.2) is 14.4 Å². The lowest BCUT2D eigenvalue weighted by molar-refractivity contribution is -0.347. The van der Waals surface area contributed by atoms with Crippen molar-refractivity contribution in [1.82, 2.24) is 5.32 Å². The van der Waals surface area contributed by atoms with Crippen molar-refractivity contribution in [2.75, 3.05) is 20.8 Å². The molecule has 2 saturated carbocycles. The van der Waals surface area contributed by atoms with Crippen LogP contribution in [0, 0.1) is 16.7 Å². The van der Waals surface area contributed by atoms with E-state index in [9.17, 15) is 29.4 Å². The number of esters is 3. The van der Waals surface area contributed by atoms with Crippen LogP contribution in [0.3, 0.4) is 0 Å². The zero-order valence-electron chi connectivity index (χ0n) is 35.8. The Balaban J connectivity index is 1.52. The van der Waals surface area contributed by atoms with Crippen LogP contribution in [0.4, 0.5) is 4.79 Å². The molecule has 2 aromatic rings. The SMILES string of the molecule is CO[C@H]1C(=O)[C@@]2(C)C(C(OC(=O)c3ccccc3)[C@]3(O)CC(OC(=O)C(O)C(NC(=O)OC(C)(C)C)c4ccccc4)C(C)=C1C3(C)C)[C@]1(OC(C)=O)CO[C@@H]1C[C@@H]2OC. The number of methoxy groups -OCH3 is 2. The van der Waals surface area contributed by atoms with Gasteiger partial charge in [0.15, 0.2) is 17.5 Å². The number of alkyl carbamates (subject to hydrolysis) is 1. The molecule has 0 spiro atoms. The molecule has 0 radical (unpaired) electrons. The molecule has 3 N–H and O–H groups in total. The van der Waals surface area contributed by atoms with E-state index in [0.29, 0.717) is 11.1 Å². The summed E-state index contributed by atoms with van der Waals surface area (Å²) in [7, 11) is 2.78. The Kier molecular flexibility index (Phi) is 12.2. The van der Waals surface area contributed by atoms with Gasteiger partial charge in [-0.1, -0.05) is 62.4 Å². The number of ether oxygens (including phenoxy) is 7. The maximum Gasteiger partial charge on any atom is 0.408 e. The highest BCUT2D eigenvalue weighted by Crippen LogP contribution is 2.64. The molecule has 11 atom stereocenters. The van der Waals surface area contributed by atoms with Gasteiger partial charge in [-0.05, 0) is 63.5 Å². The van der Waals surface area contributed by atoms with Crippen molar-refractivity contribution in [1.29, 1.82) is 0 Å². The van der Waals surface area contributed by atoms with Crippen LogP contribution in [0.1, 0.15) is 90.2 Å². The van der Waals surface area contributed by atoms with E-state index in [1.165, 1.54) is 21.1 Å². The van der Waals surface area contributed by atoms with Crippen LogP contribution in [0.15, 0.2) is 71.8 Å². The lowest BCUT2D eigenvalue weighted by atomic mass is 9.44. The van der Waals surface area contributed by atoms with Crippen molar-refractivity contribution in [2.24, 2.45) is 16.7 Å². The third-order valence-corrected chi connectivity index (χ3v) is 13.0. The summed E-state index contributed by atoms with van der Waals surface area (Å²) in [5, 5.41) is 28.0. The van der Waals surface area contributed by atoms with Gasteiger partial charge in [-0.2, -0.15) is 0 Å². The van der Waals surface area contributed by atoms with E-state index in [1.807, 2.05) is 0 Å². The maximum atomic E-state index is 15.5. The highest BCUT2D eigenvalue weighted by molar-refractivity contribution is 5.94. The van der Waals surface area contributed by atoms with Gasteiger partial charge in [0.1, 0.15) is 35.6 Å². The number of aliphatic hydroxyl groups is 2. The fourth-order valence-corrected chi connectivity index (χ4v) is 10.1. The van der Waals surface area contributed by atoms with E-state index in [4.69, 9.17) is 33.2 Å². The van der Waals surface area contributed by atoms with Gasteiger partial charge in [0.25, 0.3) is 0 Å². The number of benzene rings is 2. The maximum absolute atomic E-state index is 15.5. The van der Waals surface area contributed by atoms with E-state index in [1.54, 1.807) is 109 Å². The van der Waals surface area contributed by atoms with E-state index in [2.05, 4.69) is 5.32 Å². The predicted octanol–water partition coefficient (Wildman–Crippen LogP) is 4.57. The molecular formula is C45H57NO14. The first-order valence-electron chi connectivity index (χ1n) is 20.1. The molecule has 4 aliphatic rings. The van der Waals surface area contributed by atoms with Gasteiger partial charge in [0.2, 0.25) is 0 Å². The first-order valence-corrected chi connectivity index (χ1v) is 20.1. The molecule has 1 aliphatic heterocycles. The van der Waals surface area contributed by atoms with Crippen LogP contribution in [0.25, 0.3) is 0 Å². The molecule has 0 aromatic heterocycles. The standard InChI is InChI=1S/C45H57NO14/c1-24-28(57-39(51)33(48)32(26-17-13-11-14-18-26)46-40(52)60-41(3,4)5)22-45(53)37(58-38(50)27-19-15-12-16-20-27)35-43(8,36(49)34(55-10)31(24)42(45,6)7)29(54-9)21-30-44(35,23-56-30)59-25(2)47/h11-20,28-30,32-35,37,48,53H,21-23H2,1-10H3,(H,46,52)/t28?,29-,30+,32?,33?,34+,35?,37?,43+,44-,45+/m0/s1. The Morgan fingerprint density at radius 2 is 1.55 bits per heavy atom. The minimum absolute atomic E-state index is 0.121. The molecule has 3 aliphatic carbocycles. The van der Waals surface area contributed by atoms with Gasteiger partial charge in [-0.3, -0.25) is 9.59 Å². The highest BCUT2D eigenvalue weighted by atomic mass is 16.6. The number of nitrogens with one attached hydrogen (secondary N) is 1. The van der Waals surface area contributed by atoms with E-state index >= 15 is 4.79 Å². The second-order valence-electron chi connectivity index (χ2n) is 18.0. The Hall–Kier alpha value is -4.67. The molecule has 15 heteroatoms. The zero-order chi connectivity index (χ0) is 44.2. The molecule has 1 heterocycles. The Labute approximate surface area is 350 Å². The number of carbonyl (C=O) groups is 5. The number of fused-ring (bicyclic) bond motifs is 5. The molecular weight excluding hydrogens is 778 g/mol. The predicted molar refractivity (Wildman–Crippen MR) is 213 cm³/mol. The smallest absolute Gasteiger partial charge is 0.408 e. The van der Waals surface area contributed by atoms with E-state index < -0.39 is 112 Å². The number of aliphatic hydroxyl groups excluding tert-OH is 1. The molecule has 2 aromatic carbocycles. The van der Waals surface area contributed by atoms with Crippen molar-refractivity contribution >= 4 is 29.8 Å². The number of ketones is 1. The molecule has 15 nitrogen and oxygen atoms in total. The minimum atomic E-state index is -2.22. The average Bonchev–Trinajstić information content (AvgIpc) is 3.18. The molecule has 1 saturated heterocycles. The third kappa shape index (κ3) is 7.52. The second-order valence-corrected chi connectivity index (χ2v) is 18.0. The Bertz CT molecular complexity index is 2010.